The first-order valence-electron chi connectivity index (χ1n) is 5.71. The van der Waals surface area contributed by atoms with E-state index in [0.717, 1.165) is 12.1 Å². The standard InChI is InChI=1S/C11H13N3O5S/c1-8(7-14-6-2-5-12-14)13-20(17,18)10-4-3-9(19-10)11(15)16/h2-6,8,13H,7H2,1H3,(H,15,16). The lowest BCUT2D eigenvalue weighted by atomic mass is 10.4. The van der Waals surface area contributed by atoms with Gasteiger partial charge in [-0.1, -0.05) is 0 Å². The fourth-order valence-corrected chi connectivity index (χ4v) is 2.80. The second kappa shape index (κ2) is 5.47. The number of carboxylic acid groups (broad SMARTS) is 1. The molecule has 0 fully saturated rings. The summed E-state index contributed by atoms with van der Waals surface area (Å²) in [6.45, 7) is 2.01. The summed E-state index contributed by atoms with van der Waals surface area (Å²) in [5.41, 5.74) is 0. The first-order valence-corrected chi connectivity index (χ1v) is 7.19. The SMILES string of the molecule is CC(Cn1cccn1)NS(=O)(=O)c1ccc(C(=O)O)o1. The molecule has 2 heterocycles. The summed E-state index contributed by atoms with van der Waals surface area (Å²) in [4.78, 5) is 10.7. The van der Waals surface area contributed by atoms with Gasteiger partial charge in [-0.3, -0.25) is 4.68 Å². The van der Waals surface area contributed by atoms with Crippen LogP contribution in [0, 0.1) is 0 Å². The molecule has 0 amide bonds. The fourth-order valence-electron chi connectivity index (χ4n) is 1.63. The Balaban J connectivity index is 2.08. The van der Waals surface area contributed by atoms with Crippen LogP contribution >= 0.6 is 0 Å². The van der Waals surface area contributed by atoms with Crippen molar-refractivity contribution in [3.05, 3.63) is 36.4 Å². The van der Waals surface area contributed by atoms with Crippen molar-refractivity contribution in [2.45, 2.75) is 24.6 Å². The molecule has 20 heavy (non-hydrogen) atoms. The summed E-state index contributed by atoms with van der Waals surface area (Å²) in [6, 6.07) is 3.49. The minimum absolute atomic E-state index is 0.346. The van der Waals surface area contributed by atoms with Crippen LogP contribution in [0.4, 0.5) is 0 Å². The molecule has 2 aromatic heterocycles. The number of aromatic carboxylic acids is 1. The lowest BCUT2D eigenvalue weighted by molar-refractivity contribution is 0.0656. The van der Waals surface area contributed by atoms with E-state index < -0.39 is 32.9 Å². The van der Waals surface area contributed by atoms with Crippen molar-refractivity contribution in [2.24, 2.45) is 0 Å². The number of carboxylic acids is 1. The van der Waals surface area contributed by atoms with E-state index in [4.69, 9.17) is 9.52 Å². The highest BCUT2D eigenvalue weighted by atomic mass is 32.2. The number of carbonyl (C=O) groups is 1. The molecular weight excluding hydrogens is 286 g/mol. The lowest BCUT2D eigenvalue weighted by Gasteiger charge is -2.12. The molecule has 0 aliphatic carbocycles. The zero-order valence-corrected chi connectivity index (χ0v) is 11.4. The van der Waals surface area contributed by atoms with Crippen LogP contribution in [0.25, 0.3) is 0 Å². The smallest absolute Gasteiger partial charge is 0.371 e. The molecule has 0 bridgehead atoms. The molecule has 8 nitrogen and oxygen atoms in total. The van der Waals surface area contributed by atoms with Crippen LogP contribution in [0.15, 0.2) is 40.1 Å². The van der Waals surface area contributed by atoms with Gasteiger partial charge < -0.3 is 9.52 Å². The Kier molecular flexibility index (Phi) is 3.91. The third kappa shape index (κ3) is 3.25. The molecule has 1 unspecified atom stereocenters. The summed E-state index contributed by atoms with van der Waals surface area (Å²) in [5, 5.41) is 12.2. The average Bonchev–Trinajstić information content (AvgIpc) is 2.97. The van der Waals surface area contributed by atoms with Gasteiger partial charge in [0.2, 0.25) is 10.9 Å². The van der Waals surface area contributed by atoms with E-state index in [1.807, 2.05) is 0 Å². The zero-order valence-electron chi connectivity index (χ0n) is 10.6. The predicted molar refractivity (Wildman–Crippen MR) is 67.7 cm³/mol. The number of sulfonamides is 1. The Morgan fingerprint density at radius 2 is 2.30 bits per heavy atom. The highest BCUT2D eigenvalue weighted by Gasteiger charge is 2.23. The van der Waals surface area contributed by atoms with Crippen LogP contribution in [0.2, 0.25) is 0 Å². The molecule has 0 spiro atoms. The van der Waals surface area contributed by atoms with E-state index in [2.05, 4.69) is 9.82 Å². The first-order chi connectivity index (χ1) is 9.38. The van der Waals surface area contributed by atoms with Crippen LogP contribution in [0.3, 0.4) is 0 Å². The van der Waals surface area contributed by atoms with Crippen LogP contribution in [-0.4, -0.2) is 35.3 Å². The maximum atomic E-state index is 12.0. The maximum Gasteiger partial charge on any atom is 0.371 e. The van der Waals surface area contributed by atoms with Crippen LogP contribution in [0.5, 0.6) is 0 Å². The zero-order chi connectivity index (χ0) is 14.8. The number of rotatable bonds is 6. The molecule has 108 valence electrons. The highest BCUT2D eigenvalue weighted by molar-refractivity contribution is 7.89. The molecule has 0 aliphatic rings. The van der Waals surface area contributed by atoms with Crippen LogP contribution in [0.1, 0.15) is 17.5 Å². The van der Waals surface area contributed by atoms with Gasteiger partial charge in [-0.05, 0) is 25.1 Å². The Labute approximate surface area is 115 Å². The largest absolute Gasteiger partial charge is 0.475 e. The lowest BCUT2D eigenvalue weighted by Crippen LogP contribution is -2.35. The van der Waals surface area contributed by atoms with Crippen molar-refractivity contribution in [1.29, 1.82) is 0 Å². The minimum Gasteiger partial charge on any atom is -0.475 e. The Bertz CT molecular complexity index is 689. The molecule has 2 aromatic rings. The third-order valence-electron chi connectivity index (χ3n) is 2.43. The van der Waals surface area contributed by atoms with Crippen molar-refractivity contribution in [3.8, 4) is 0 Å². The normalized spacial score (nSPS) is 13.2. The second-order valence-electron chi connectivity index (χ2n) is 4.17. The van der Waals surface area contributed by atoms with Crippen molar-refractivity contribution in [2.75, 3.05) is 0 Å². The summed E-state index contributed by atoms with van der Waals surface area (Å²) in [7, 11) is -3.90. The van der Waals surface area contributed by atoms with Crippen molar-refractivity contribution < 1.29 is 22.7 Å². The van der Waals surface area contributed by atoms with Crippen molar-refractivity contribution in [1.82, 2.24) is 14.5 Å². The second-order valence-corrected chi connectivity index (χ2v) is 5.82. The summed E-state index contributed by atoms with van der Waals surface area (Å²) in [5.74, 6) is -1.75. The molecule has 1 atom stereocenters. The number of nitrogens with one attached hydrogen (secondary N) is 1. The van der Waals surface area contributed by atoms with Gasteiger partial charge in [0.05, 0.1) is 6.54 Å². The summed E-state index contributed by atoms with van der Waals surface area (Å²) in [6.07, 6.45) is 3.30. The quantitative estimate of drug-likeness (QED) is 0.804. The Morgan fingerprint density at radius 1 is 1.55 bits per heavy atom. The van der Waals surface area contributed by atoms with Gasteiger partial charge in [0.15, 0.2) is 0 Å². The van der Waals surface area contributed by atoms with Gasteiger partial charge >= 0.3 is 5.97 Å². The van der Waals surface area contributed by atoms with E-state index in [-0.39, 0.29) is 0 Å². The average molecular weight is 299 g/mol. The number of hydrogen-bond acceptors (Lipinski definition) is 5. The molecule has 0 radical (unpaired) electrons. The van der Waals surface area contributed by atoms with Gasteiger partial charge in [0, 0.05) is 18.4 Å². The molecule has 0 aliphatic heterocycles. The van der Waals surface area contributed by atoms with E-state index in [1.54, 1.807) is 30.1 Å². The number of furan rings is 1. The van der Waals surface area contributed by atoms with Gasteiger partial charge in [-0.2, -0.15) is 5.10 Å². The topological polar surface area (TPSA) is 114 Å². The molecular formula is C11H13N3O5S. The van der Waals surface area contributed by atoms with E-state index in [9.17, 15) is 13.2 Å². The monoisotopic (exact) mass is 299 g/mol. The molecule has 0 saturated carbocycles. The molecule has 0 saturated heterocycles. The van der Waals surface area contributed by atoms with E-state index in [0.29, 0.717) is 6.54 Å². The number of nitrogens with zero attached hydrogens (tertiary/aromatic N) is 2. The first kappa shape index (κ1) is 14.3. The van der Waals surface area contributed by atoms with E-state index >= 15 is 0 Å². The molecule has 2 rings (SSSR count). The summed E-state index contributed by atoms with van der Waals surface area (Å²) >= 11 is 0. The van der Waals surface area contributed by atoms with Gasteiger partial charge in [0.25, 0.3) is 10.0 Å². The van der Waals surface area contributed by atoms with Crippen LogP contribution < -0.4 is 4.72 Å². The van der Waals surface area contributed by atoms with Crippen molar-refractivity contribution in [3.63, 3.8) is 0 Å². The summed E-state index contributed by atoms with van der Waals surface area (Å²) < 4.78 is 32.7. The van der Waals surface area contributed by atoms with Gasteiger partial charge in [0.1, 0.15) is 0 Å². The fraction of sp³-hybridized carbons (Fsp3) is 0.273. The minimum atomic E-state index is -3.90. The van der Waals surface area contributed by atoms with Gasteiger partial charge in [-0.25, -0.2) is 17.9 Å². The van der Waals surface area contributed by atoms with Crippen LogP contribution in [-0.2, 0) is 16.6 Å². The molecule has 9 heteroatoms. The maximum absolute atomic E-state index is 12.0. The van der Waals surface area contributed by atoms with Crippen molar-refractivity contribution >= 4 is 16.0 Å². The number of aromatic nitrogens is 2. The number of hydrogen-bond donors (Lipinski definition) is 2. The van der Waals surface area contributed by atoms with E-state index in [1.165, 1.54) is 0 Å². The molecule has 2 N–H and O–H groups in total. The Hall–Kier alpha value is -2.13. The highest BCUT2D eigenvalue weighted by Crippen LogP contribution is 2.14. The molecule has 0 aromatic carbocycles. The van der Waals surface area contributed by atoms with Gasteiger partial charge in [-0.15, -0.1) is 0 Å². The Morgan fingerprint density at radius 3 is 2.85 bits per heavy atom. The predicted octanol–water partition coefficient (Wildman–Crippen LogP) is 0.541. The third-order valence-corrected chi connectivity index (χ3v) is 3.90.